The molecule has 2 aromatic carbocycles. The van der Waals surface area contributed by atoms with Gasteiger partial charge in [0, 0.05) is 110 Å². The average Bonchev–Trinajstić information content (AvgIpc) is 2.42. The van der Waals surface area contributed by atoms with E-state index in [2.05, 4.69) is 79.4 Å². The number of hydrogen-bond acceptors (Lipinski definition) is 19. The second kappa shape index (κ2) is 28.6. The largest absolute Gasteiger partial charge is 0.490 e. The van der Waals surface area contributed by atoms with Gasteiger partial charge in [-0.3, -0.25) is 33.0 Å². The van der Waals surface area contributed by atoms with E-state index in [0.29, 0.717) is 72.3 Å². The number of amides is 2. The molecule has 1 spiro atoms. The number of aryl methyl sites for hydroxylation is 5. The Morgan fingerprint density at radius 3 is 2.06 bits per heavy atom. The molecule has 464 valence electrons. The number of nitrogens with one attached hydrogen (secondary N) is 4. The highest BCUT2D eigenvalue weighted by Crippen LogP contribution is 2.47. The maximum absolute atomic E-state index is 14.6. The number of allylic oxidation sites excluding steroid dienone is 1. The molecule has 1 saturated carbocycles. The highest BCUT2D eigenvalue weighted by molar-refractivity contribution is 7.92. The molecule has 2 amide bonds. The molecule has 1 fully saturated rings. The molecule has 1 unspecified atom stereocenters. The second-order valence-electron chi connectivity index (χ2n) is 21.5. The minimum absolute atomic E-state index is 0.0141. The average molecular weight is 1230 g/mol. The van der Waals surface area contributed by atoms with Gasteiger partial charge in [-0.25, -0.2) is 18.6 Å². The quantitative estimate of drug-likeness (QED) is 0.0609. The van der Waals surface area contributed by atoms with E-state index in [1.165, 1.54) is 44.7 Å². The van der Waals surface area contributed by atoms with Crippen LogP contribution in [0.25, 0.3) is 0 Å². The Hall–Kier alpha value is -8.43. The number of nitrogens with zero attached hydrogens (tertiary/aromatic N) is 10. The van der Waals surface area contributed by atoms with Gasteiger partial charge in [0.2, 0.25) is 0 Å². The standard InChI is InChI=1S/C38H47ClN6O5S.C8H13N3O2.2C6H9N3O2/c1-24-7-5-9-33(49-4)29-13-10-27(29)19-45-22-38(16-6-8-25-17-28(39)12-14-31(25)38)23-50-34-15-11-26(18-32(34)45)36(46)42-51(48,21-24)43-37(47)30-20-44(3)41-35(30)40-2;1-4-13-8(12)6-5-11(3)10-7(6)9-2;1-9-3-4(5(7)8-9)6(10)11-2;1-7-5-4(6(10)11)3-9(2)8-5/h5,9,11-12,14-15,17-18,20,24,27,29,33H,6-8,10,13,16,19,21-23H2,1-4H3,(H,40,41)(H,42,43,46,47,48);5H,4H2,1-3H3,(H,9,10);3H,1-2H3,(H2,7,8);3H,1-2H3,(H,7,8)(H,10,11)/b9-5+;;;/t24-,27-,29+,33-,38-,51?;;;/m0.../s1. The fraction of sp³-hybridized carbons (Fsp3) is 0.466. The predicted octanol–water partition coefficient (Wildman–Crippen LogP) is 6.77. The second-order valence-corrected chi connectivity index (χ2v) is 23.9. The number of carboxylic acid groups (broad SMARTS) is 1. The van der Waals surface area contributed by atoms with E-state index in [9.17, 15) is 28.2 Å². The lowest BCUT2D eigenvalue weighted by Crippen LogP contribution is -2.49. The minimum atomic E-state index is -3.57. The van der Waals surface area contributed by atoms with Crippen LogP contribution in [-0.2, 0) is 64.2 Å². The molecule has 0 radical (unpaired) electrons. The summed E-state index contributed by atoms with van der Waals surface area (Å²) in [5, 5.41) is 33.7. The van der Waals surface area contributed by atoms with Crippen molar-refractivity contribution in [3.8, 4) is 5.75 Å². The molecule has 6 aromatic rings. The normalized spacial score (nSPS) is 21.6. The molecular weight excluding hydrogens is 1150 g/mol. The fourth-order valence-electron chi connectivity index (χ4n) is 11.0. The zero-order valence-corrected chi connectivity index (χ0v) is 52.0. The summed E-state index contributed by atoms with van der Waals surface area (Å²) in [5.41, 5.74) is 9.92. The van der Waals surface area contributed by atoms with Gasteiger partial charge in [0.15, 0.2) is 23.3 Å². The smallest absolute Gasteiger partial charge is 0.343 e. The maximum Gasteiger partial charge on any atom is 0.343 e. The van der Waals surface area contributed by atoms with Gasteiger partial charge in [0.1, 0.15) is 37.9 Å². The number of benzene rings is 2. The number of hydrogen-bond donors (Lipinski definition) is 6. The lowest BCUT2D eigenvalue weighted by molar-refractivity contribution is 0.0131. The van der Waals surface area contributed by atoms with Crippen LogP contribution in [0.4, 0.5) is 29.0 Å². The van der Waals surface area contributed by atoms with Gasteiger partial charge in [0.25, 0.3) is 11.8 Å². The molecule has 4 aliphatic rings. The number of nitrogens with two attached hydrogens (primary N) is 1. The Bertz CT molecular complexity index is 3580. The highest BCUT2D eigenvalue weighted by atomic mass is 35.5. The summed E-state index contributed by atoms with van der Waals surface area (Å²) in [6.45, 7) is 6.08. The summed E-state index contributed by atoms with van der Waals surface area (Å²) in [5.74, 6) is -0.361. The van der Waals surface area contributed by atoms with Gasteiger partial charge >= 0.3 is 17.9 Å². The van der Waals surface area contributed by atoms with Gasteiger partial charge in [-0.15, -0.1) is 4.36 Å². The van der Waals surface area contributed by atoms with Crippen molar-refractivity contribution in [3.63, 3.8) is 0 Å². The van der Waals surface area contributed by atoms with E-state index < -0.39 is 33.7 Å². The zero-order valence-electron chi connectivity index (χ0n) is 50.4. The van der Waals surface area contributed by atoms with Crippen molar-refractivity contribution in [2.45, 2.75) is 63.9 Å². The number of esters is 2. The van der Waals surface area contributed by atoms with E-state index in [4.69, 9.17) is 36.7 Å². The first-order valence-corrected chi connectivity index (χ1v) is 30.1. The van der Waals surface area contributed by atoms with E-state index >= 15 is 0 Å². The van der Waals surface area contributed by atoms with Crippen LogP contribution in [0.5, 0.6) is 5.75 Å². The van der Waals surface area contributed by atoms with Crippen LogP contribution in [-0.4, -0.2) is 152 Å². The van der Waals surface area contributed by atoms with Gasteiger partial charge in [-0.2, -0.15) is 20.4 Å². The molecule has 4 aromatic heterocycles. The summed E-state index contributed by atoms with van der Waals surface area (Å²) in [4.78, 5) is 62.7. The van der Waals surface area contributed by atoms with Crippen LogP contribution in [0.3, 0.4) is 0 Å². The lowest BCUT2D eigenvalue weighted by Gasteiger charge is -2.46. The molecule has 26 nitrogen and oxygen atoms in total. The number of carbonyl (C=O) groups is 5. The summed E-state index contributed by atoms with van der Waals surface area (Å²) in [7, 11) is 11.3. The van der Waals surface area contributed by atoms with Crippen molar-refractivity contribution in [2.75, 3.05) is 94.0 Å². The van der Waals surface area contributed by atoms with Crippen LogP contribution >= 0.6 is 11.6 Å². The molecule has 6 atom stereocenters. The first kappa shape index (κ1) is 65.1. The third-order valence-electron chi connectivity index (χ3n) is 15.2. The van der Waals surface area contributed by atoms with Crippen LogP contribution in [0.2, 0.25) is 5.02 Å². The number of rotatable bonds is 10. The van der Waals surface area contributed by atoms with Gasteiger partial charge in [-0.05, 0) is 105 Å². The summed E-state index contributed by atoms with van der Waals surface area (Å²) < 4.78 is 49.5. The number of halogens is 1. The highest BCUT2D eigenvalue weighted by Gasteiger charge is 2.44. The molecule has 7 N–H and O–H groups in total. The number of carbonyl (C=O) groups excluding carboxylic acids is 4. The lowest BCUT2D eigenvalue weighted by atomic mass is 9.68. The number of methoxy groups -OCH3 is 2. The van der Waals surface area contributed by atoms with Crippen LogP contribution < -0.4 is 36.0 Å². The minimum Gasteiger partial charge on any atom is -0.490 e. The van der Waals surface area contributed by atoms with E-state index in [1.54, 1.807) is 86.5 Å². The van der Waals surface area contributed by atoms with E-state index in [-0.39, 0.29) is 51.7 Å². The van der Waals surface area contributed by atoms with Crippen molar-refractivity contribution in [3.05, 3.63) is 117 Å². The Morgan fingerprint density at radius 2 is 1.48 bits per heavy atom. The molecule has 86 heavy (non-hydrogen) atoms. The number of ether oxygens (including phenoxy) is 4. The number of fused-ring (bicyclic) bond motifs is 4. The van der Waals surface area contributed by atoms with Crippen LogP contribution in [0, 0.1) is 17.8 Å². The summed E-state index contributed by atoms with van der Waals surface area (Å²) in [6.07, 6.45) is 16.0. The monoisotopic (exact) mass is 1230 g/mol. The molecule has 2 aliphatic carbocycles. The molecule has 6 heterocycles. The SMILES string of the molecule is CCOC(=O)c1cn(C)nc1NC.CNc1nn(C)cc1C(=O)NS1(=O)=NC(=O)c2ccc3c(c2)N(C[C@@H]2CC[C@H]2[C@@H](OC)/C=C/C[C@H](C)C1)C[C@@]1(CCCc2cc(Cl)ccc21)CO3.CNc1nn(C)cc1C(=O)O.COC(=O)c1cn(C)nc1N. The number of aromatic carboxylic acids is 1. The topological polar surface area (TPSA) is 321 Å². The number of nitrogen functional groups attached to an aromatic ring is 1. The van der Waals surface area contributed by atoms with Crippen LogP contribution in [0.1, 0.15) is 109 Å². The number of carboxylic acids is 1. The number of aromatic nitrogens is 8. The van der Waals surface area contributed by atoms with Crippen molar-refractivity contribution >= 4 is 80.2 Å². The molecule has 28 heteroatoms. The zero-order chi connectivity index (χ0) is 62.6. The molecule has 0 saturated heterocycles. The Balaban J connectivity index is 0.000000241. The maximum atomic E-state index is 14.6. The van der Waals surface area contributed by atoms with Crippen molar-refractivity contribution in [1.82, 2.24) is 43.8 Å². The summed E-state index contributed by atoms with van der Waals surface area (Å²) >= 11 is 6.46. The first-order chi connectivity index (χ1) is 41.0. The third-order valence-corrected chi connectivity index (χ3v) is 17.4. The van der Waals surface area contributed by atoms with Crippen molar-refractivity contribution in [1.29, 1.82) is 0 Å². The molecular formula is C58H78ClN15O11S. The van der Waals surface area contributed by atoms with Crippen LogP contribution in [0.15, 0.2) is 77.7 Å². The summed E-state index contributed by atoms with van der Waals surface area (Å²) in [6, 6.07) is 11.6. The van der Waals surface area contributed by atoms with Gasteiger partial charge < -0.3 is 50.6 Å². The molecule has 10 rings (SSSR count). The number of anilines is 5. The van der Waals surface area contributed by atoms with E-state index in [1.807, 2.05) is 25.1 Å². The Kier molecular flexibility index (Phi) is 21.7. The Morgan fingerprint density at radius 1 is 0.849 bits per heavy atom. The molecule has 2 aliphatic heterocycles. The molecule has 2 bridgehead atoms. The Labute approximate surface area is 505 Å². The third kappa shape index (κ3) is 15.5. The van der Waals surface area contributed by atoms with Crippen molar-refractivity contribution < 1.29 is 52.2 Å². The van der Waals surface area contributed by atoms with Gasteiger partial charge in [0.05, 0.1) is 37.9 Å². The predicted molar refractivity (Wildman–Crippen MR) is 328 cm³/mol. The fourth-order valence-corrected chi connectivity index (χ4v) is 13.1. The van der Waals surface area contributed by atoms with Crippen molar-refractivity contribution in [2.24, 2.45) is 50.3 Å². The van der Waals surface area contributed by atoms with E-state index in [0.717, 1.165) is 49.4 Å². The first-order valence-electron chi connectivity index (χ1n) is 28.0. The van der Waals surface area contributed by atoms with Gasteiger partial charge in [-0.1, -0.05) is 36.7 Å².